The maximum Gasteiger partial charge on any atom is 0.281 e. The third kappa shape index (κ3) is 2.84. The largest absolute Gasteiger partial charge is 0.465 e. The number of anilines is 1. The standard InChI is InChI=1S/C17H14N2O2S/c1-12(10-14-8-5-9-21-14)11-15-16(20)19(17(22)18-15)13-6-3-2-4-7-13/h2-11H,1H3,(H,18,22)/b12-10+,15-11+. The average molecular weight is 310 g/mol. The van der Waals surface area contributed by atoms with E-state index in [4.69, 9.17) is 16.6 Å². The zero-order valence-electron chi connectivity index (χ0n) is 11.9. The van der Waals surface area contributed by atoms with Gasteiger partial charge in [-0.2, -0.15) is 0 Å². The number of rotatable bonds is 3. The van der Waals surface area contributed by atoms with Gasteiger partial charge in [0, 0.05) is 0 Å². The molecular weight excluding hydrogens is 296 g/mol. The second-order valence-electron chi connectivity index (χ2n) is 4.87. The summed E-state index contributed by atoms with van der Waals surface area (Å²) < 4.78 is 5.26. The van der Waals surface area contributed by atoms with E-state index in [1.807, 2.05) is 55.5 Å². The lowest BCUT2D eigenvalue weighted by Gasteiger charge is -2.13. The number of carbonyl (C=O) groups is 1. The fourth-order valence-corrected chi connectivity index (χ4v) is 2.51. The number of furan rings is 1. The molecule has 4 nitrogen and oxygen atoms in total. The number of benzene rings is 1. The number of nitrogens with zero attached hydrogens (tertiary/aromatic N) is 1. The lowest BCUT2D eigenvalue weighted by Crippen LogP contribution is -2.30. The van der Waals surface area contributed by atoms with Gasteiger partial charge in [-0.15, -0.1) is 0 Å². The molecule has 0 unspecified atom stereocenters. The highest BCUT2D eigenvalue weighted by molar-refractivity contribution is 7.80. The molecule has 5 heteroatoms. The van der Waals surface area contributed by atoms with E-state index >= 15 is 0 Å². The summed E-state index contributed by atoms with van der Waals surface area (Å²) in [5, 5.41) is 3.34. The maximum absolute atomic E-state index is 12.5. The first kappa shape index (κ1) is 14.3. The Morgan fingerprint density at radius 3 is 2.68 bits per heavy atom. The molecule has 0 spiro atoms. The van der Waals surface area contributed by atoms with Crippen molar-refractivity contribution in [1.82, 2.24) is 5.32 Å². The molecule has 0 bridgehead atoms. The van der Waals surface area contributed by atoms with Crippen LogP contribution in [0, 0.1) is 0 Å². The van der Waals surface area contributed by atoms with Gasteiger partial charge in [-0.1, -0.05) is 18.2 Å². The Hall–Kier alpha value is -2.66. The molecule has 0 radical (unpaired) electrons. The van der Waals surface area contributed by atoms with Crippen LogP contribution in [0.3, 0.4) is 0 Å². The summed E-state index contributed by atoms with van der Waals surface area (Å²) in [5.41, 5.74) is 2.10. The fourth-order valence-electron chi connectivity index (χ4n) is 2.21. The van der Waals surface area contributed by atoms with Gasteiger partial charge in [0.1, 0.15) is 11.5 Å². The smallest absolute Gasteiger partial charge is 0.281 e. The highest BCUT2D eigenvalue weighted by Gasteiger charge is 2.31. The van der Waals surface area contributed by atoms with Gasteiger partial charge in [0.2, 0.25) is 0 Å². The van der Waals surface area contributed by atoms with Gasteiger partial charge in [0.25, 0.3) is 5.91 Å². The third-order valence-corrected chi connectivity index (χ3v) is 3.46. The monoisotopic (exact) mass is 310 g/mol. The second-order valence-corrected chi connectivity index (χ2v) is 5.25. The zero-order chi connectivity index (χ0) is 15.5. The van der Waals surface area contributed by atoms with E-state index in [2.05, 4.69) is 5.32 Å². The minimum Gasteiger partial charge on any atom is -0.465 e. The first-order valence-electron chi connectivity index (χ1n) is 6.79. The lowest BCUT2D eigenvalue weighted by molar-refractivity contribution is -0.113. The summed E-state index contributed by atoms with van der Waals surface area (Å²) in [6.45, 7) is 1.90. The maximum atomic E-state index is 12.5. The number of nitrogens with one attached hydrogen (secondary N) is 1. The normalized spacial score (nSPS) is 17.2. The molecule has 1 aliphatic heterocycles. The van der Waals surface area contributed by atoms with Crippen molar-refractivity contribution in [3.63, 3.8) is 0 Å². The molecule has 1 aliphatic rings. The number of allylic oxidation sites excluding steroid dienone is 2. The summed E-state index contributed by atoms with van der Waals surface area (Å²) >= 11 is 5.26. The minimum atomic E-state index is -0.164. The van der Waals surface area contributed by atoms with Crippen molar-refractivity contribution in [2.24, 2.45) is 0 Å². The van der Waals surface area contributed by atoms with Crippen molar-refractivity contribution in [2.45, 2.75) is 6.92 Å². The molecule has 2 heterocycles. The molecule has 22 heavy (non-hydrogen) atoms. The Kier molecular flexibility index (Phi) is 3.89. The van der Waals surface area contributed by atoms with Crippen molar-refractivity contribution < 1.29 is 9.21 Å². The van der Waals surface area contributed by atoms with E-state index < -0.39 is 0 Å². The minimum absolute atomic E-state index is 0.164. The van der Waals surface area contributed by atoms with E-state index in [-0.39, 0.29) is 5.91 Å². The SMILES string of the molecule is CC(=C\c1ccco1)/C=C1/NC(=S)N(c2ccccc2)C1=O. The van der Waals surface area contributed by atoms with Gasteiger partial charge in [-0.3, -0.25) is 9.69 Å². The first-order chi connectivity index (χ1) is 10.6. The van der Waals surface area contributed by atoms with Crippen LogP contribution in [-0.4, -0.2) is 11.0 Å². The number of hydrogen-bond donors (Lipinski definition) is 1. The topological polar surface area (TPSA) is 45.5 Å². The fraction of sp³-hybridized carbons (Fsp3) is 0.0588. The van der Waals surface area contributed by atoms with Crippen molar-refractivity contribution in [3.05, 3.63) is 71.8 Å². The molecule has 1 N–H and O–H groups in total. The molecule has 1 aromatic heterocycles. The Morgan fingerprint density at radius 1 is 1.23 bits per heavy atom. The number of para-hydroxylation sites is 1. The molecule has 1 fully saturated rings. The van der Waals surface area contributed by atoms with Gasteiger partial charge in [-0.25, -0.2) is 0 Å². The number of hydrogen-bond acceptors (Lipinski definition) is 3. The van der Waals surface area contributed by atoms with Gasteiger partial charge in [0.05, 0.1) is 12.0 Å². The van der Waals surface area contributed by atoms with Crippen molar-refractivity contribution in [3.8, 4) is 0 Å². The highest BCUT2D eigenvalue weighted by atomic mass is 32.1. The van der Waals surface area contributed by atoms with Crippen LogP contribution in [0.25, 0.3) is 6.08 Å². The highest BCUT2D eigenvalue weighted by Crippen LogP contribution is 2.21. The van der Waals surface area contributed by atoms with Crippen LogP contribution < -0.4 is 10.2 Å². The molecule has 0 saturated carbocycles. The Bertz CT molecular complexity index is 761. The molecule has 0 atom stereocenters. The zero-order valence-corrected chi connectivity index (χ0v) is 12.8. The van der Waals surface area contributed by atoms with Gasteiger partial charge in [-0.05, 0) is 61.1 Å². The van der Waals surface area contributed by atoms with E-state index in [1.54, 1.807) is 12.3 Å². The Labute approximate surface area is 133 Å². The summed E-state index contributed by atoms with van der Waals surface area (Å²) in [6.07, 6.45) is 5.23. The predicted molar refractivity (Wildman–Crippen MR) is 90.1 cm³/mol. The van der Waals surface area contributed by atoms with Crippen molar-refractivity contribution in [2.75, 3.05) is 4.90 Å². The summed E-state index contributed by atoms with van der Waals surface area (Å²) in [7, 11) is 0. The van der Waals surface area contributed by atoms with Crippen molar-refractivity contribution in [1.29, 1.82) is 0 Å². The van der Waals surface area contributed by atoms with E-state index in [1.165, 1.54) is 4.90 Å². The van der Waals surface area contributed by atoms with Crippen LogP contribution in [0.2, 0.25) is 0 Å². The molecule has 2 aromatic rings. The van der Waals surface area contributed by atoms with E-state index in [0.29, 0.717) is 10.8 Å². The van der Waals surface area contributed by atoms with Crippen molar-refractivity contribution >= 4 is 35.0 Å². The number of carbonyl (C=O) groups excluding carboxylic acids is 1. The number of thiocarbonyl (C=S) groups is 1. The summed E-state index contributed by atoms with van der Waals surface area (Å²) in [4.78, 5) is 14.0. The molecule has 3 rings (SSSR count). The number of amides is 1. The summed E-state index contributed by atoms with van der Waals surface area (Å²) in [6, 6.07) is 13.0. The molecule has 0 aliphatic carbocycles. The Balaban J connectivity index is 1.86. The molecule has 1 amide bonds. The van der Waals surface area contributed by atoms with Crippen LogP contribution in [-0.2, 0) is 4.79 Å². The third-order valence-electron chi connectivity index (χ3n) is 3.18. The van der Waals surface area contributed by atoms with Gasteiger partial charge >= 0.3 is 0 Å². The van der Waals surface area contributed by atoms with Gasteiger partial charge in [0.15, 0.2) is 5.11 Å². The van der Waals surface area contributed by atoms with E-state index in [9.17, 15) is 4.79 Å². The van der Waals surface area contributed by atoms with Crippen LogP contribution in [0.15, 0.2) is 70.5 Å². The predicted octanol–water partition coefficient (Wildman–Crippen LogP) is 3.49. The quantitative estimate of drug-likeness (QED) is 0.696. The van der Waals surface area contributed by atoms with Crippen LogP contribution in [0.5, 0.6) is 0 Å². The average Bonchev–Trinajstić information content (AvgIpc) is 3.09. The first-order valence-corrected chi connectivity index (χ1v) is 7.20. The lowest BCUT2D eigenvalue weighted by atomic mass is 10.2. The molecule has 1 saturated heterocycles. The second kappa shape index (κ2) is 5.99. The Morgan fingerprint density at radius 2 is 2.00 bits per heavy atom. The van der Waals surface area contributed by atoms with Crippen LogP contribution >= 0.6 is 12.2 Å². The van der Waals surface area contributed by atoms with Gasteiger partial charge < -0.3 is 9.73 Å². The molecule has 110 valence electrons. The molecular formula is C17H14N2O2S. The summed E-state index contributed by atoms with van der Waals surface area (Å²) in [5.74, 6) is 0.575. The van der Waals surface area contributed by atoms with Crippen LogP contribution in [0.4, 0.5) is 5.69 Å². The van der Waals surface area contributed by atoms with E-state index in [0.717, 1.165) is 17.0 Å². The van der Waals surface area contributed by atoms with Crippen LogP contribution in [0.1, 0.15) is 12.7 Å². The molecule has 1 aromatic carbocycles.